The number of aliphatic hydroxyl groups is 13. The molecule has 12 aliphatic rings. The number of carbonyl (C=O) groups is 4. The minimum Gasteiger partial charge on any atom is -0.481 e. The molecule has 0 spiro atoms. The molecule has 0 aromatic heterocycles. The fourth-order valence-electron chi connectivity index (χ4n) is 25.0. The van der Waals surface area contributed by atoms with E-state index >= 15 is 9.59 Å². The Bertz CT molecular complexity index is 3110. The Morgan fingerprint density at radius 1 is 0.474 bits per heavy atom. The summed E-state index contributed by atoms with van der Waals surface area (Å²) in [4.78, 5) is 60.3. The third kappa shape index (κ3) is 9.34. The van der Waals surface area contributed by atoms with E-state index in [1.807, 2.05) is 20.8 Å². The summed E-state index contributed by atoms with van der Waals surface area (Å²) < 4.78 is 30.0. The molecule has 34 atom stereocenters. The monoisotopic (exact) mass is 1340 g/mol. The van der Waals surface area contributed by atoms with Crippen molar-refractivity contribution in [3.05, 3.63) is 23.3 Å². The molecule has 23 heteroatoms. The lowest BCUT2D eigenvalue weighted by molar-refractivity contribution is -0.299. The Kier molecular flexibility index (Phi) is 17.4. The van der Waals surface area contributed by atoms with E-state index in [-0.39, 0.29) is 49.4 Å². The van der Waals surface area contributed by atoms with Gasteiger partial charge in [-0.05, 0) is 198 Å². The summed E-state index contributed by atoms with van der Waals surface area (Å²) in [6.07, 6.45) is -13.1. The predicted octanol–water partition coefficient (Wildman–Crippen LogP) is 3.48. The van der Waals surface area contributed by atoms with Crippen molar-refractivity contribution in [3.63, 3.8) is 0 Å². The van der Waals surface area contributed by atoms with Crippen LogP contribution in [0.5, 0.6) is 0 Å². The summed E-state index contributed by atoms with van der Waals surface area (Å²) in [5.74, 6) is -7.65. The SMILES string of the molecule is C[C@@H]1CC[C@]2(C(=O)O[C@@H]3O[C@H](CO)[C@@H](O)[C@H](O)[C@H]3O)CC[C@]3(C)C(=CC[C@@H]4[C@@]5(C)C[C@@H](O)[C@@H](OC(=O)[C@@]6(C)[C@@H]7CC[C@]8(C)[C@H](CC=C9[C@H]%10[C@](C(=O)O[C@@H]%11O[C@H](CO)[C@@H](O)[C@H](O)[C@H]%11O)(CC[C@@H](C)[C@@]%10(C)O)CC[C@]98C)[C@@]7(C)C[C@@H](O)[C@@H]6O)[C@](C)(C(=O)O)[C@@H]5CC[C@]43C)[C@@H]2[C@]1(C)O. The van der Waals surface area contributed by atoms with Crippen LogP contribution in [-0.4, -0.2) is 206 Å². The lowest BCUT2D eigenvalue weighted by Gasteiger charge is -2.72. The normalized spacial score (nSPS) is 57.1. The topological polar surface area (TPSA) is 398 Å². The van der Waals surface area contributed by atoms with Crippen LogP contribution in [0.3, 0.4) is 0 Å². The van der Waals surface area contributed by atoms with E-state index in [1.165, 1.54) is 0 Å². The molecular weight excluding hydrogens is 1230 g/mol. The molecule has 8 saturated carbocycles. The van der Waals surface area contributed by atoms with Crippen molar-refractivity contribution in [2.45, 2.75) is 283 Å². The van der Waals surface area contributed by atoms with E-state index in [1.54, 1.807) is 27.7 Å². The van der Waals surface area contributed by atoms with E-state index in [4.69, 9.17) is 23.7 Å². The molecule has 23 nitrogen and oxygen atoms in total. The summed E-state index contributed by atoms with van der Waals surface area (Å²) in [6, 6.07) is 0. The van der Waals surface area contributed by atoms with Gasteiger partial charge in [-0.3, -0.25) is 19.2 Å². The molecule has 2 saturated heterocycles. The molecule has 0 bridgehead atoms. The van der Waals surface area contributed by atoms with Gasteiger partial charge in [-0.1, -0.05) is 78.7 Å². The first-order chi connectivity index (χ1) is 44.0. The number of fused-ring (bicyclic) bond motifs is 14. The Morgan fingerprint density at radius 3 is 1.25 bits per heavy atom. The van der Waals surface area contributed by atoms with Crippen LogP contribution in [0.2, 0.25) is 0 Å². The average molecular weight is 1340 g/mol. The first kappa shape index (κ1) is 71.6. The van der Waals surface area contributed by atoms with Crippen molar-refractivity contribution in [3.8, 4) is 0 Å². The maximum absolute atomic E-state index is 15.8. The minimum atomic E-state index is -1.88. The van der Waals surface area contributed by atoms with Crippen LogP contribution in [0.1, 0.15) is 186 Å². The zero-order chi connectivity index (χ0) is 69.8. The molecule has 12 rings (SSSR count). The Balaban J connectivity index is 0.826. The van der Waals surface area contributed by atoms with E-state index in [9.17, 15) is 81.1 Å². The summed E-state index contributed by atoms with van der Waals surface area (Å²) >= 11 is 0. The number of carboxylic acids is 1. The van der Waals surface area contributed by atoms with Gasteiger partial charge < -0.3 is 95.2 Å². The summed E-state index contributed by atoms with van der Waals surface area (Å²) in [7, 11) is 0. The molecule has 536 valence electrons. The van der Waals surface area contributed by atoms with Gasteiger partial charge in [0.1, 0.15) is 60.4 Å². The van der Waals surface area contributed by atoms with Gasteiger partial charge in [0, 0.05) is 11.8 Å². The number of allylic oxidation sites excluding steroid dienone is 2. The van der Waals surface area contributed by atoms with Gasteiger partial charge in [-0.2, -0.15) is 0 Å². The van der Waals surface area contributed by atoms with Gasteiger partial charge in [-0.25, -0.2) is 0 Å². The molecule has 0 aromatic rings. The molecule has 0 radical (unpaired) electrons. The average Bonchev–Trinajstić information content (AvgIpc) is 0.674. The van der Waals surface area contributed by atoms with Crippen LogP contribution in [0.15, 0.2) is 23.3 Å². The van der Waals surface area contributed by atoms with E-state index in [0.717, 1.165) is 11.1 Å². The number of hydrogen-bond donors (Lipinski definition) is 14. The molecule has 10 fully saturated rings. The summed E-state index contributed by atoms with van der Waals surface area (Å²) in [5.41, 5.74) is -11.9. The maximum Gasteiger partial charge on any atom is 0.315 e. The molecule has 95 heavy (non-hydrogen) atoms. The fourth-order valence-corrected chi connectivity index (χ4v) is 25.0. The van der Waals surface area contributed by atoms with Crippen molar-refractivity contribution in [1.29, 1.82) is 0 Å². The third-order valence-corrected chi connectivity index (χ3v) is 31.4. The number of hydrogen-bond acceptors (Lipinski definition) is 22. The number of carboxylic acid groups (broad SMARTS) is 1. The van der Waals surface area contributed by atoms with Gasteiger partial charge in [-0.15, -0.1) is 0 Å². The van der Waals surface area contributed by atoms with Crippen molar-refractivity contribution >= 4 is 23.9 Å². The van der Waals surface area contributed by atoms with Crippen molar-refractivity contribution in [2.75, 3.05) is 13.2 Å². The van der Waals surface area contributed by atoms with Crippen molar-refractivity contribution < 1.29 is 114 Å². The number of aliphatic carboxylic acids is 1. The highest BCUT2D eigenvalue weighted by Crippen LogP contribution is 2.79. The van der Waals surface area contributed by atoms with Crippen LogP contribution in [0.25, 0.3) is 0 Å². The van der Waals surface area contributed by atoms with Crippen molar-refractivity contribution in [1.82, 2.24) is 0 Å². The second-order valence-corrected chi connectivity index (χ2v) is 35.0. The van der Waals surface area contributed by atoms with Gasteiger partial charge in [0.2, 0.25) is 12.6 Å². The van der Waals surface area contributed by atoms with Gasteiger partial charge >= 0.3 is 23.9 Å². The van der Waals surface area contributed by atoms with E-state index in [2.05, 4.69) is 46.8 Å². The molecular formula is C72H110O23. The highest BCUT2D eigenvalue weighted by molar-refractivity contribution is 5.82. The van der Waals surface area contributed by atoms with Gasteiger partial charge in [0.15, 0.2) is 0 Å². The number of carbonyl (C=O) groups excluding carboxylic acids is 3. The number of rotatable bonds is 9. The zero-order valence-corrected chi connectivity index (χ0v) is 57.5. The number of aliphatic hydroxyl groups excluding tert-OH is 11. The van der Waals surface area contributed by atoms with Crippen LogP contribution in [-0.2, 0) is 42.9 Å². The minimum absolute atomic E-state index is 0.0433. The Hall–Kier alpha value is -3.24. The third-order valence-electron chi connectivity index (χ3n) is 31.4. The fraction of sp³-hybridized carbons (Fsp3) is 0.889. The molecule has 2 aliphatic heterocycles. The first-order valence-corrected chi connectivity index (χ1v) is 35.4. The van der Waals surface area contributed by atoms with Crippen LogP contribution >= 0.6 is 0 Å². The zero-order valence-electron chi connectivity index (χ0n) is 57.5. The second-order valence-electron chi connectivity index (χ2n) is 35.0. The van der Waals surface area contributed by atoms with E-state index in [0.29, 0.717) is 77.0 Å². The highest BCUT2D eigenvalue weighted by Gasteiger charge is 2.78. The van der Waals surface area contributed by atoms with Crippen LogP contribution in [0, 0.1) is 101 Å². The lowest BCUT2D eigenvalue weighted by Crippen LogP contribution is -2.72. The molecule has 0 amide bonds. The Labute approximate surface area is 557 Å². The van der Waals surface area contributed by atoms with E-state index < -0.39 is 212 Å². The van der Waals surface area contributed by atoms with Crippen LogP contribution < -0.4 is 0 Å². The molecule has 14 N–H and O–H groups in total. The van der Waals surface area contributed by atoms with Crippen LogP contribution in [0.4, 0.5) is 0 Å². The molecule has 10 aliphatic carbocycles. The van der Waals surface area contributed by atoms with Crippen molar-refractivity contribution in [2.24, 2.45) is 101 Å². The lowest BCUT2D eigenvalue weighted by atomic mass is 9.32. The molecule has 0 unspecified atom stereocenters. The Morgan fingerprint density at radius 2 is 0.863 bits per heavy atom. The molecule has 2 heterocycles. The summed E-state index contributed by atoms with van der Waals surface area (Å²) in [6.45, 7) is 21.9. The largest absolute Gasteiger partial charge is 0.481 e. The predicted molar refractivity (Wildman–Crippen MR) is 336 cm³/mol. The smallest absolute Gasteiger partial charge is 0.315 e. The standard InChI is InChI=1S/C72H110O23/c1-33-17-23-71(59(87)94-55-49(81)47(79)45(77)39(31-73)91-55)27-25-63(5)35(51(71)69(33,11)89)13-15-41-61(3)29-37(75)53(83)67(9,43(61)19-21-65(41,63)7)58(86)93-54-38(76)30-62(4)42-16-14-36-52-70(12,90)34(2)18-24-72(52,60(88)95-56-50(82)48(80)46(78)40(32-74)92-56)28-26-64(36,6)66(42,8)22-20-44(62)68(54,10)57(84)85/h13-14,33-34,37-56,73-83,89-90H,15-32H2,1-12H3,(H,84,85)/t33-,34-,37-,38-,39-,40-,41-,42-,43-,44-,45-,46-,47+,48+,49-,50-,51-,52-,53+,54-,55+,56+,61-,62-,63-,64-,65-,66-,67+,68-,69-,70-,71+,72+/m1/s1. The number of esters is 3. The summed E-state index contributed by atoms with van der Waals surface area (Å²) in [5, 5.41) is 159. The molecule has 0 aromatic carbocycles. The quantitative estimate of drug-likeness (QED) is 0.0892. The highest BCUT2D eigenvalue weighted by atomic mass is 16.7. The van der Waals surface area contributed by atoms with Gasteiger partial charge in [0.05, 0.1) is 59.0 Å². The number of ether oxygens (including phenoxy) is 5. The first-order valence-electron chi connectivity index (χ1n) is 35.4. The maximum atomic E-state index is 15.8. The van der Waals surface area contributed by atoms with Gasteiger partial charge in [0.25, 0.3) is 0 Å². The second kappa shape index (κ2) is 23.1.